The summed E-state index contributed by atoms with van der Waals surface area (Å²) in [6, 6.07) is 0. The molecular weight excluding hydrogens is 181 g/mol. The Labute approximate surface area is 67.8 Å². The Bertz CT molecular complexity index is 242. The molecule has 0 aromatic carbocycles. The molecule has 0 saturated carbocycles. The van der Waals surface area contributed by atoms with E-state index in [1.165, 1.54) is 6.21 Å². The molecule has 0 aliphatic carbocycles. The van der Waals surface area contributed by atoms with E-state index in [1.54, 1.807) is 6.33 Å². The summed E-state index contributed by atoms with van der Waals surface area (Å²) in [7, 11) is 0. The molecule has 4 nitrogen and oxygen atoms in total. The van der Waals surface area contributed by atoms with Crippen LogP contribution in [0.3, 0.4) is 0 Å². The van der Waals surface area contributed by atoms with Crippen LogP contribution in [0.4, 0.5) is 5.82 Å². The number of imidazole rings is 1. The van der Waals surface area contributed by atoms with Gasteiger partial charge in [0.25, 0.3) is 0 Å². The fraction of sp³-hybridized carbons (Fsp3) is 0. The van der Waals surface area contributed by atoms with Crippen LogP contribution in [-0.2, 0) is 17.9 Å². The number of rotatable bonds is 3. The molecule has 0 bridgehead atoms. The van der Waals surface area contributed by atoms with Crippen LogP contribution in [-0.4, -0.2) is 20.9 Å². The number of H-pyrrole nitrogens is 1. The van der Waals surface area contributed by atoms with E-state index in [0.29, 0.717) is 5.69 Å². The van der Waals surface area contributed by atoms with Crippen molar-refractivity contribution in [3.63, 3.8) is 0 Å². The summed E-state index contributed by atoms with van der Waals surface area (Å²) in [5, 5.41) is 9.88. The number of hydrogen-bond acceptors (Lipinski definition) is 3. The number of aromatic nitrogens is 2. The van der Waals surface area contributed by atoms with Gasteiger partial charge in [0.05, 0.1) is 0 Å². The van der Waals surface area contributed by atoms with Gasteiger partial charge in [-0.3, -0.25) is 0 Å². The topological polar surface area (TPSA) is 64.6 Å². The average molecular weight is 188 g/mol. The first-order valence-electron chi connectivity index (χ1n) is 2.79. The van der Waals surface area contributed by atoms with Crippen LogP contribution < -0.4 is 5.32 Å². The van der Waals surface area contributed by atoms with Gasteiger partial charge >= 0.3 is 67.3 Å². The maximum atomic E-state index is 6.94. The van der Waals surface area contributed by atoms with E-state index < -0.39 is 0 Å². The van der Waals surface area contributed by atoms with Gasteiger partial charge in [-0.1, -0.05) is 0 Å². The van der Waals surface area contributed by atoms with E-state index in [1.807, 2.05) is 4.73 Å². The van der Waals surface area contributed by atoms with Crippen molar-refractivity contribution in [3.05, 3.63) is 12.0 Å². The van der Waals surface area contributed by atoms with Gasteiger partial charge < -0.3 is 0 Å². The Hall–Kier alpha value is -0.827. The first-order valence-corrected chi connectivity index (χ1v) is 4.51. The van der Waals surface area contributed by atoms with Crippen LogP contribution in [0.25, 0.3) is 0 Å². The summed E-state index contributed by atoms with van der Waals surface area (Å²) >= 11 is 1.06. The molecule has 48 valence electrons. The SMILES string of the molecule is N=Cc1[nH]cnc1N[CH]=[Zn]. The molecule has 5 heteroatoms. The van der Waals surface area contributed by atoms with Gasteiger partial charge in [0.1, 0.15) is 0 Å². The molecule has 1 heterocycles. The zero-order chi connectivity index (χ0) is 7.40. The molecule has 0 fully saturated rings. The van der Waals surface area contributed by atoms with Gasteiger partial charge in [-0.25, -0.2) is 0 Å². The summed E-state index contributed by atoms with van der Waals surface area (Å²) in [6.45, 7) is 0. The van der Waals surface area contributed by atoms with E-state index in [0.717, 1.165) is 23.7 Å². The van der Waals surface area contributed by atoms with Crippen LogP contribution in [0.15, 0.2) is 6.33 Å². The zero-order valence-corrected chi connectivity index (χ0v) is 8.35. The Kier molecular flexibility index (Phi) is 2.45. The van der Waals surface area contributed by atoms with Crippen molar-refractivity contribution < 1.29 is 17.9 Å². The summed E-state index contributed by atoms with van der Waals surface area (Å²) in [6.07, 6.45) is 2.80. The molecule has 10 heavy (non-hydrogen) atoms. The van der Waals surface area contributed by atoms with Gasteiger partial charge in [0, 0.05) is 0 Å². The van der Waals surface area contributed by atoms with Gasteiger partial charge in [-0.05, 0) is 0 Å². The third-order valence-corrected chi connectivity index (χ3v) is 1.48. The predicted octanol–water partition coefficient (Wildman–Crippen LogP) is 0.126. The van der Waals surface area contributed by atoms with Crippen molar-refractivity contribution in [2.75, 3.05) is 5.32 Å². The van der Waals surface area contributed by atoms with E-state index in [9.17, 15) is 0 Å². The summed E-state index contributed by atoms with van der Waals surface area (Å²) in [4.78, 5) is 6.77. The van der Waals surface area contributed by atoms with Crippen molar-refractivity contribution in [1.29, 1.82) is 5.41 Å². The molecule has 3 N–H and O–H groups in total. The number of hydrogen-bond donors (Lipinski definition) is 3. The van der Waals surface area contributed by atoms with Crippen LogP contribution in [0.2, 0.25) is 0 Å². The Morgan fingerprint density at radius 2 is 2.60 bits per heavy atom. The summed E-state index contributed by atoms with van der Waals surface area (Å²) in [5.74, 6) is 0.723. The van der Waals surface area contributed by atoms with Crippen molar-refractivity contribution in [2.24, 2.45) is 0 Å². The normalized spacial score (nSPS) is 9.00. The summed E-state index contributed by atoms with van der Waals surface area (Å²) in [5.41, 5.74) is 0.713. The molecule has 0 saturated heterocycles. The minimum atomic E-state index is 0.713. The number of nitrogens with zero attached hydrogens (tertiary/aromatic N) is 1. The Balaban J connectivity index is 2.89. The van der Waals surface area contributed by atoms with Crippen LogP contribution in [0.1, 0.15) is 5.69 Å². The minimum absolute atomic E-state index is 0.713. The van der Waals surface area contributed by atoms with Gasteiger partial charge in [-0.15, -0.1) is 0 Å². The second-order valence-corrected chi connectivity index (χ2v) is 2.51. The van der Waals surface area contributed by atoms with Gasteiger partial charge in [0.15, 0.2) is 0 Å². The second kappa shape index (κ2) is 3.37. The van der Waals surface area contributed by atoms with E-state index in [-0.39, 0.29) is 0 Å². The second-order valence-electron chi connectivity index (χ2n) is 1.66. The molecule has 0 aliphatic heterocycles. The molecule has 0 spiro atoms. The van der Waals surface area contributed by atoms with Crippen molar-refractivity contribution in [2.45, 2.75) is 0 Å². The first-order chi connectivity index (χ1) is 4.88. The van der Waals surface area contributed by atoms with Crippen molar-refractivity contribution in [3.8, 4) is 0 Å². The standard InChI is InChI=1S/C5H6N4.Zn/c1-7-5-4(2-6)8-3-9-5;/h1-3,6-7H,(H,8,9);. The third kappa shape index (κ3) is 1.36. The van der Waals surface area contributed by atoms with E-state index in [2.05, 4.69) is 15.3 Å². The monoisotopic (exact) mass is 186 g/mol. The van der Waals surface area contributed by atoms with E-state index in [4.69, 9.17) is 5.41 Å². The molecular formula is C5H6N4Zn. The molecule has 1 rings (SSSR count). The molecule has 0 amide bonds. The van der Waals surface area contributed by atoms with Crippen LogP contribution >= 0.6 is 0 Å². The molecule has 0 radical (unpaired) electrons. The molecule has 1 aromatic rings. The van der Waals surface area contributed by atoms with Crippen molar-refractivity contribution in [1.82, 2.24) is 9.97 Å². The molecule has 0 unspecified atom stereocenters. The molecule has 0 aliphatic rings. The fourth-order valence-corrected chi connectivity index (χ4v) is 1.03. The Morgan fingerprint density at radius 3 is 3.20 bits per heavy atom. The predicted molar refractivity (Wildman–Crippen MR) is 36.2 cm³/mol. The summed E-state index contributed by atoms with van der Waals surface area (Å²) < 4.78 is 1.89. The Morgan fingerprint density at radius 1 is 1.80 bits per heavy atom. The number of anilines is 1. The van der Waals surface area contributed by atoms with Gasteiger partial charge in [0.2, 0.25) is 0 Å². The maximum absolute atomic E-state index is 6.94. The quantitative estimate of drug-likeness (QED) is 0.465. The van der Waals surface area contributed by atoms with Crippen molar-refractivity contribution >= 4 is 16.8 Å². The van der Waals surface area contributed by atoms with Gasteiger partial charge in [-0.2, -0.15) is 0 Å². The van der Waals surface area contributed by atoms with Crippen LogP contribution in [0.5, 0.6) is 0 Å². The van der Waals surface area contributed by atoms with Crippen LogP contribution in [0, 0.1) is 5.41 Å². The first kappa shape index (κ1) is 7.28. The van der Waals surface area contributed by atoms with E-state index >= 15 is 0 Å². The third-order valence-electron chi connectivity index (χ3n) is 1.05. The molecule has 0 atom stereocenters. The average Bonchev–Trinajstić information content (AvgIpc) is 2.36. The zero-order valence-electron chi connectivity index (χ0n) is 5.39. The number of nitrogens with one attached hydrogen (secondary N) is 3. The fourth-order valence-electron chi connectivity index (χ4n) is 0.626. The number of aromatic amines is 1. The molecule has 1 aromatic heterocycles.